The summed E-state index contributed by atoms with van der Waals surface area (Å²) >= 11 is 0. The summed E-state index contributed by atoms with van der Waals surface area (Å²) in [5, 5.41) is 21.0. The van der Waals surface area contributed by atoms with Gasteiger partial charge in [-0.05, 0) is 67.9 Å². The quantitative estimate of drug-likeness (QED) is 0.467. The Morgan fingerprint density at radius 2 is 1.86 bits per heavy atom. The van der Waals surface area contributed by atoms with Crippen molar-refractivity contribution in [3.8, 4) is 11.5 Å². The number of benzene rings is 1. The third-order valence-electron chi connectivity index (χ3n) is 6.64. The number of aliphatic hydroxyl groups excluding tert-OH is 1. The number of nitrogens with zero attached hydrogens (tertiary/aromatic N) is 2. The highest BCUT2D eigenvalue weighted by Crippen LogP contribution is 2.43. The number of aliphatic hydroxyl groups is 1. The highest BCUT2D eigenvalue weighted by molar-refractivity contribution is 6.15. The van der Waals surface area contributed by atoms with Crippen molar-refractivity contribution >= 4 is 11.7 Å². The number of phenols is 1. The molecule has 2 aliphatic rings. The molecule has 1 fully saturated rings. The Bertz CT molecular complexity index is 1240. The minimum absolute atomic E-state index is 0.0130. The number of phenolic OH excluding ortho intramolecular Hbond substituents is 1. The number of ether oxygens (including phenoxy) is 1. The zero-order chi connectivity index (χ0) is 24.5. The molecule has 5 rings (SSSR count). The van der Waals surface area contributed by atoms with Gasteiger partial charge in [0.2, 0.25) is 5.78 Å². The van der Waals surface area contributed by atoms with E-state index in [4.69, 9.17) is 13.6 Å². The number of methoxy groups -OCH3 is 1. The maximum atomic E-state index is 13.4. The Balaban J connectivity index is 1.59. The Kier molecular flexibility index (Phi) is 6.08. The van der Waals surface area contributed by atoms with Gasteiger partial charge in [0, 0.05) is 6.54 Å². The van der Waals surface area contributed by atoms with Crippen LogP contribution in [0.3, 0.4) is 0 Å². The number of hydrogen-bond acceptors (Lipinski definition) is 8. The fraction of sp³-hybridized carbons (Fsp3) is 0.308. The van der Waals surface area contributed by atoms with E-state index in [1.807, 2.05) is 6.07 Å². The standard InChI is InChI=1S/C26H26N2O7/c1-33-21-14-16(8-9-18(21)29)23-22(24(30)20-7-5-13-35-20)25(31)26(32)28(23)15-17(19-6-4-12-34-19)27-10-2-3-11-27/h4-9,12-14,17,23,29,31H,2-3,10-11,15H2,1H3. The van der Waals surface area contributed by atoms with Crippen molar-refractivity contribution in [2.24, 2.45) is 0 Å². The first-order chi connectivity index (χ1) is 17.0. The molecule has 0 bridgehead atoms. The number of rotatable bonds is 8. The maximum absolute atomic E-state index is 13.4. The molecule has 2 atom stereocenters. The molecule has 4 heterocycles. The predicted molar refractivity (Wildman–Crippen MR) is 124 cm³/mol. The molecule has 2 aliphatic heterocycles. The predicted octanol–water partition coefficient (Wildman–Crippen LogP) is 4.00. The summed E-state index contributed by atoms with van der Waals surface area (Å²) in [4.78, 5) is 30.5. The van der Waals surface area contributed by atoms with Crippen LogP contribution in [-0.2, 0) is 4.79 Å². The number of carbonyl (C=O) groups excluding carboxylic acids is 2. The molecule has 1 aromatic carbocycles. The van der Waals surface area contributed by atoms with Crippen LogP contribution in [0.5, 0.6) is 11.5 Å². The second-order valence-corrected chi connectivity index (χ2v) is 8.63. The van der Waals surface area contributed by atoms with Crippen molar-refractivity contribution < 1.29 is 33.4 Å². The molecule has 0 radical (unpaired) electrons. The van der Waals surface area contributed by atoms with Crippen LogP contribution in [0.15, 0.2) is 75.2 Å². The van der Waals surface area contributed by atoms with Crippen LogP contribution in [0, 0.1) is 0 Å². The molecular formula is C26H26N2O7. The average Bonchev–Trinajstić information content (AvgIpc) is 3.67. The molecule has 1 amide bonds. The first-order valence-corrected chi connectivity index (χ1v) is 11.5. The minimum atomic E-state index is -0.922. The monoisotopic (exact) mass is 478 g/mol. The van der Waals surface area contributed by atoms with E-state index < -0.39 is 23.5 Å². The van der Waals surface area contributed by atoms with Gasteiger partial charge >= 0.3 is 0 Å². The highest BCUT2D eigenvalue weighted by atomic mass is 16.5. The number of aromatic hydroxyl groups is 1. The second kappa shape index (κ2) is 9.34. The number of carbonyl (C=O) groups is 2. The van der Waals surface area contributed by atoms with Crippen LogP contribution in [0.4, 0.5) is 0 Å². The van der Waals surface area contributed by atoms with Gasteiger partial charge in [-0.1, -0.05) is 6.07 Å². The van der Waals surface area contributed by atoms with E-state index in [1.54, 1.807) is 30.5 Å². The fourth-order valence-electron chi connectivity index (χ4n) is 4.93. The van der Waals surface area contributed by atoms with Crippen molar-refractivity contribution in [3.63, 3.8) is 0 Å². The summed E-state index contributed by atoms with van der Waals surface area (Å²) in [5.41, 5.74) is 0.420. The van der Waals surface area contributed by atoms with Gasteiger partial charge in [-0.15, -0.1) is 0 Å². The lowest BCUT2D eigenvalue weighted by Gasteiger charge is -2.33. The van der Waals surface area contributed by atoms with Crippen molar-refractivity contribution in [2.75, 3.05) is 26.7 Å². The summed E-state index contributed by atoms with van der Waals surface area (Å²) in [7, 11) is 1.42. The van der Waals surface area contributed by atoms with Gasteiger partial charge in [0.25, 0.3) is 5.91 Å². The van der Waals surface area contributed by atoms with E-state index in [1.165, 1.54) is 30.4 Å². The second-order valence-electron chi connectivity index (χ2n) is 8.63. The lowest BCUT2D eigenvalue weighted by atomic mass is 9.94. The van der Waals surface area contributed by atoms with Crippen molar-refractivity contribution in [2.45, 2.75) is 24.9 Å². The topological polar surface area (TPSA) is 117 Å². The Morgan fingerprint density at radius 1 is 1.11 bits per heavy atom. The molecule has 3 aromatic rings. The van der Waals surface area contributed by atoms with Crippen molar-refractivity contribution in [3.05, 3.63) is 83.4 Å². The molecule has 9 nitrogen and oxygen atoms in total. The fourth-order valence-corrected chi connectivity index (χ4v) is 4.93. The molecule has 0 spiro atoms. The molecule has 0 saturated carbocycles. The van der Waals surface area contributed by atoms with E-state index in [9.17, 15) is 19.8 Å². The van der Waals surface area contributed by atoms with E-state index >= 15 is 0 Å². The Labute approximate surface area is 201 Å². The summed E-state index contributed by atoms with van der Waals surface area (Å²) in [6.07, 6.45) is 5.03. The van der Waals surface area contributed by atoms with Crippen LogP contribution < -0.4 is 4.74 Å². The van der Waals surface area contributed by atoms with Gasteiger partial charge in [0.15, 0.2) is 23.0 Å². The molecule has 2 N–H and O–H groups in total. The first-order valence-electron chi connectivity index (χ1n) is 11.5. The smallest absolute Gasteiger partial charge is 0.290 e. The summed E-state index contributed by atoms with van der Waals surface area (Å²) < 4.78 is 16.3. The van der Waals surface area contributed by atoms with Gasteiger partial charge in [-0.25, -0.2) is 0 Å². The van der Waals surface area contributed by atoms with Crippen molar-refractivity contribution in [1.29, 1.82) is 0 Å². The van der Waals surface area contributed by atoms with Gasteiger partial charge in [-0.2, -0.15) is 0 Å². The van der Waals surface area contributed by atoms with Gasteiger partial charge in [-0.3, -0.25) is 14.5 Å². The van der Waals surface area contributed by atoms with Crippen LogP contribution in [0.2, 0.25) is 0 Å². The molecule has 35 heavy (non-hydrogen) atoms. The van der Waals surface area contributed by atoms with Crippen LogP contribution in [0.25, 0.3) is 0 Å². The number of Topliss-reactive ketones (excluding diaryl/α,β-unsaturated/α-hetero) is 1. The number of amides is 1. The average molecular weight is 479 g/mol. The molecule has 2 aromatic heterocycles. The maximum Gasteiger partial charge on any atom is 0.290 e. The molecule has 9 heteroatoms. The number of likely N-dealkylation sites (tertiary alicyclic amines) is 1. The van der Waals surface area contributed by atoms with Crippen LogP contribution >= 0.6 is 0 Å². The normalized spacial score (nSPS) is 19.5. The van der Waals surface area contributed by atoms with Gasteiger partial charge in [0.1, 0.15) is 5.76 Å². The molecule has 1 saturated heterocycles. The van der Waals surface area contributed by atoms with E-state index in [0.717, 1.165) is 25.9 Å². The zero-order valence-electron chi connectivity index (χ0n) is 19.2. The van der Waals surface area contributed by atoms with E-state index in [0.29, 0.717) is 11.3 Å². The van der Waals surface area contributed by atoms with Gasteiger partial charge < -0.3 is 28.7 Å². The van der Waals surface area contributed by atoms with E-state index in [-0.39, 0.29) is 35.4 Å². The summed E-state index contributed by atoms with van der Waals surface area (Å²) in [6, 6.07) is 10.1. The lowest BCUT2D eigenvalue weighted by molar-refractivity contribution is -0.130. The number of hydrogen-bond donors (Lipinski definition) is 2. The molecular weight excluding hydrogens is 452 g/mol. The molecule has 182 valence electrons. The summed E-state index contributed by atoms with van der Waals surface area (Å²) in [5.74, 6) is -1.05. The Morgan fingerprint density at radius 3 is 2.51 bits per heavy atom. The number of ketones is 1. The van der Waals surface area contributed by atoms with Gasteiger partial charge in [0.05, 0.1) is 37.3 Å². The third-order valence-corrected chi connectivity index (χ3v) is 6.64. The largest absolute Gasteiger partial charge is 0.504 e. The SMILES string of the molecule is COc1cc(C2C(C(=O)c3ccco3)=C(O)C(=O)N2CC(c2ccco2)N2CCCC2)ccc1O. The third kappa shape index (κ3) is 4.08. The van der Waals surface area contributed by atoms with Crippen LogP contribution in [0.1, 0.15) is 46.8 Å². The van der Waals surface area contributed by atoms with Crippen molar-refractivity contribution in [1.82, 2.24) is 9.80 Å². The summed E-state index contributed by atoms with van der Waals surface area (Å²) in [6.45, 7) is 1.88. The number of furan rings is 2. The van der Waals surface area contributed by atoms with Crippen LogP contribution in [-0.4, -0.2) is 58.4 Å². The molecule has 2 unspecified atom stereocenters. The first kappa shape index (κ1) is 22.8. The zero-order valence-corrected chi connectivity index (χ0v) is 19.2. The lowest BCUT2D eigenvalue weighted by Crippen LogP contribution is -2.40. The van der Waals surface area contributed by atoms with E-state index in [2.05, 4.69) is 4.90 Å². The Hall–Kier alpha value is -3.98. The minimum Gasteiger partial charge on any atom is -0.504 e. The molecule has 0 aliphatic carbocycles. The highest BCUT2D eigenvalue weighted by Gasteiger charge is 2.46.